The number of piperidine rings is 1. The van der Waals surface area contributed by atoms with E-state index in [4.69, 9.17) is 14.5 Å². The van der Waals surface area contributed by atoms with Crippen LogP contribution in [0.25, 0.3) is 0 Å². The van der Waals surface area contributed by atoms with Gasteiger partial charge in [-0.05, 0) is 138 Å². The SMILES string of the molecule is C=N/C=C1/CCN(C(/C=C/CCC)=C(\C)C2=C(C)OCCN2)C/C1=N/CNc1ccc(Cc2ccc(N3CCN(C(CC)CC(C)CC)CC3)cc2)cc1.CC.CCC(=O)CCC(C)C(C)=O.Cc1ccc(C=O)c(C(=O)C(C)C)c1.NC=O. The van der Waals surface area contributed by atoms with Gasteiger partial charge in [0.1, 0.15) is 30.6 Å². The predicted octanol–water partition coefficient (Wildman–Crippen LogP) is 13.9. The predicted molar refractivity (Wildman–Crippen MR) is 352 cm³/mol. The van der Waals surface area contributed by atoms with E-state index in [2.05, 4.69) is 138 Å². The van der Waals surface area contributed by atoms with Crippen molar-refractivity contribution in [2.24, 2.45) is 33.5 Å². The van der Waals surface area contributed by atoms with Crippen LogP contribution in [0.4, 0.5) is 11.4 Å². The summed E-state index contributed by atoms with van der Waals surface area (Å²) in [4.78, 5) is 69.5. The van der Waals surface area contributed by atoms with E-state index in [0.717, 1.165) is 117 Å². The monoisotopic (exact) mass is 1150 g/mol. The number of anilines is 2. The third-order valence-corrected chi connectivity index (χ3v) is 15.5. The first-order valence-electron chi connectivity index (χ1n) is 31.0. The molecule has 0 aliphatic carbocycles. The number of aryl methyl sites for hydroxylation is 1. The Bertz CT molecular complexity index is 2640. The van der Waals surface area contributed by atoms with Gasteiger partial charge in [-0.3, -0.25) is 38.9 Å². The van der Waals surface area contributed by atoms with Gasteiger partial charge in [0.05, 0.1) is 18.0 Å². The van der Waals surface area contributed by atoms with Gasteiger partial charge in [0.15, 0.2) is 12.1 Å². The van der Waals surface area contributed by atoms with E-state index in [1.807, 2.05) is 67.7 Å². The third kappa shape index (κ3) is 25.5. The number of nitrogens with two attached hydrogens (primary N) is 1. The second-order valence-corrected chi connectivity index (χ2v) is 22.0. The zero-order chi connectivity index (χ0) is 62.6. The van der Waals surface area contributed by atoms with Crippen LogP contribution < -0.4 is 21.3 Å². The maximum absolute atomic E-state index is 11.7. The van der Waals surface area contributed by atoms with E-state index in [0.29, 0.717) is 50.2 Å². The van der Waals surface area contributed by atoms with Gasteiger partial charge >= 0.3 is 0 Å². The van der Waals surface area contributed by atoms with Crippen LogP contribution in [-0.4, -0.2) is 117 Å². The number of aliphatic imine (C=N–C) groups is 2. The number of rotatable bonds is 25. The number of benzene rings is 3. The highest BCUT2D eigenvalue weighted by molar-refractivity contribution is 6.04. The Hall–Kier alpha value is -6.93. The van der Waals surface area contributed by atoms with Crippen LogP contribution >= 0.6 is 0 Å². The summed E-state index contributed by atoms with van der Waals surface area (Å²) in [6.07, 6.45) is 17.1. The normalized spacial score (nSPS) is 16.6. The highest BCUT2D eigenvalue weighted by atomic mass is 16.5. The summed E-state index contributed by atoms with van der Waals surface area (Å²) >= 11 is 0. The lowest BCUT2D eigenvalue weighted by Crippen LogP contribution is -2.50. The van der Waals surface area contributed by atoms with E-state index in [1.54, 1.807) is 19.1 Å². The molecular weight excluding hydrogens is 1050 g/mol. The van der Waals surface area contributed by atoms with E-state index in [1.165, 1.54) is 47.3 Å². The van der Waals surface area contributed by atoms with Gasteiger partial charge in [-0.15, -0.1) is 0 Å². The zero-order valence-electron chi connectivity index (χ0n) is 54.0. The lowest BCUT2D eigenvalue weighted by atomic mass is 9.95. The number of likely N-dealkylation sites (tertiary alicyclic amines) is 1. The Morgan fingerprint density at radius 2 is 1.51 bits per heavy atom. The second kappa shape index (κ2) is 41.1. The Morgan fingerprint density at radius 3 is 2.06 bits per heavy atom. The number of hydrogen-bond acceptors (Lipinski definition) is 13. The molecule has 0 aromatic heterocycles. The largest absolute Gasteiger partial charge is 0.494 e. The molecule has 3 unspecified atom stereocenters. The fraction of sp³-hybridized carbons (Fsp3) is 0.529. The molecule has 0 saturated carbocycles. The van der Waals surface area contributed by atoms with Crippen molar-refractivity contribution in [3.05, 3.63) is 141 Å². The number of aldehydes is 1. The number of hydrogen-bond donors (Lipinski definition) is 3. The smallest absolute Gasteiger partial charge is 0.204 e. The Labute approximate surface area is 506 Å². The molecule has 0 bridgehead atoms. The lowest BCUT2D eigenvalue weighted by Gasteiger charge is -2.40. The molecule has 3 aliphatic heterocycles. The molecule has 3 aromatic rings. The number of allylic oxidation sites excluding steroid dienone is 4. The van der Waals surface area contributed by atoms with Crippen molar-refractivity contribution in [3.8, 4) is 0 Å². The van der Waals surface area contributed by atoms with Crippen LogP contribution in [0.2, 0.25) is 0 Å². The molecule has 84 heavy (non-hydrogen) atoms. The van der Waals surface area contributed by atoms with E-state index >= 15 is 0 Å². The molecule has 462 valence electrons. The van der Waals surface area contributed by atoms with Crippen LogP contribution in [0.3, 0.4) is 0 Å². The van der Waals surface area contributed by atoms with Crippen LogP contribution in [-0.2, 0) is 25.5 Å². The number of unbranched alkanes of at least 4 members (excludes halogenated alkanes) is 1. The molecule has 6 rings (SSSR count). The summed E-state index contributed by atoms with van der Waals surface area (Å²) in [7, 11) is 0. The van der Waals surface area contributed by atoms with Gasteiger partial charge in [-0.25, -0.2) is 0 Å². The molecule has 3 heterocycles. The molecular formula is C70H106N8O6. The zero-order valence-corrected chi connectivity index (χ0v) is 54.0. The molecule has 3 aromatic carbocycles. The minimum atomic E-state index is -0.0736. The maximum atomic E-state index is 11.7. The van der Waals surface area contributed by atoms with E-state index in [9.17, 15) is 19.2 Å². The van der Waals surface area contributed by atoms with Crippen molar-refractivity contribution >= 4 is 53.8 Å². The van der Waals surface area contributed by atoms with E-state index in [-0.39, 0.29) is 35.6 Å². The van der Waals surface area contributed by atoms with Crippen molar-refractivity contribution < 1.29 is 28.7 Å². The number of piperazine rings is 1. The lowest BCUT2D eigenvalue weighted by molar-refractivity contribution is -0.121. The summed E-state index contributed by atoms with van der Waals surface area (Å²) in [5, 5.41) is 7.11. The number of primary amides is 1. The number of carbonyl (C=O) groups excluding carboxylic acids is 5. The van der Waals surface area contributed by atoms with Crippen molar-refractivity contribution in [2.75, 3.05) is 69.3 Å². The maximum Gasteiger partial charge on any atom is 0.204 e. The number of nitrogens with one attached hydrogen (secondary N) is 2. The molecule has 2 fully saturated rings. The molecule has 4 N–H and O–H groups in total. The van der Waals surface area contributed by atoms with Crippen molar-refractivity contribution in [3.63, 3.8) is 0 Å². The van der Waals surface area contributed by atoms with Gasteiger partial charge in [-0.2, -0.15) is 0 Å². The summed E-state index contributed by atoms with van der Waals surface area (Å²) in [6, 6.07) is 24.0. The minimum Gasteiger partial charge on any atom is -0.494 e. The fourth-order valence-electron chi connectivity index (χ4n) is 9.93. The topological polar surface area (TPSA) is 179 Å². The van der Waals surface area contributed by atoms with Crippen molar-refractivity contribution in [1.82, 2.24) is 15.1 Å². The third-order valence-electron chi connectivity index (χ3n) is 15.5. The standard InChI is InChI=1S/C46H67N7O.C12H14O2.C9H16O2.C2H6.CH3NO/c1-8-11-12-13-45(36(5)46-37(6)54-29-23-48-46)53-24-22-40(32-47-7)44(33-53)50-34-49-41-18-14-38(15-19-41)31-39-16-20-43(21-17-39)52-27-25-51(26-28-52)42(10-3)30-35(4)9-2;1-8(2)12(14)11-6-9(3)4-5-10(11)7-13;1-4-9(11)6-5-7(2)8(3)10;1-2;2-1-3/h12-21,32,35,42,48-49H,7-11,22-31,33-34H2,1-6H3;4-8H,1-3H3;7H,4-6H2,1-3H3;1-2H3;1H,(H2,2,3)/b13-12+,40-32-,45-36+,50-44-;;;;. The first-order chi connectivity index (χ1) is 40.4. The van der Waals surface area contributed by atoms with Gasteiger partial charge in [-0.1, -0.05) is 130 Å². The average Bonchev–Trinajstić information content (AvgIpc) is 3.68. The minimum absolute atomic E-state index is 0.0239. The molecule has 3 atom stereocenters. The molecule has 1 amide bonds. The second-order valence-electron chi connectivity index (χ2n) is 22.0. The van der Waals surface area contributed by atoms with Gasteiger partial charge in [0.25, 0.3) is 0 Å². The molecule has 14 heteroatoms. The number of nitrogens with zero attached hydrogens (tertiary/aromatic N) is 5. The van der Waals surface area contributed by atoms with Crippen LogP contribution in [0, 0.1) is 24.7 Å². The summed E-state index contributed by atoms with van der Waals surface area (Å²) in [5.74, 6) is 2.18. The number of ketones is 3. The summed E-state index contributed by atoms with van der Waals surface area (Å²) in [6.45, 7) is 40.3. The van der Waals surface area contributed by atoms with Crippen LogP contribution in [0.5, 0.6) is 0 Å². The first-order valence-corrected chi connectivity index (χ1v) is 31.0. The van der Waals surface area contributed by atoms with Gasteiger partial charge < -0.3 is 30.9 Å². The van der Waals surface area contributed by atoms with Gasteiger partial charge in [0, 0.05) is 104 Å². The van der Waals surface area contributed by atoms with Crippen molar-refractivity contribution in [2.45, 2.75) is 167 Å². The molecule has 14 nitrogen and oxygen atoms in total. The summed E-state index contributed by atoms with van der Waals surface area (Å²) < 4.78 is 5.90. The highest BCUT2D eigenvalue weighted by Crippen LogP contribution is 2.28. The average molecular weight is 1160 g/mol. The van der Waals surface area contributed by atoms with Crippen LogP contribution in [0.1, 0.15) is 185 Å². The Kier molecular flexibility index (Phi) is 35.8. The van der Waals surface area contributed by atoms with Gasteiger partial charge in [0.2, 0.25) is 6.41 Å². The molecule has 0 radical (unpaired) electrons. The van der Waals surface area contributed by atoms with Crippen molar-refractivity contribution in [1.29, 1.82) is 0 Å². The van der Waals surface area contributed by atoms with Crippen LogP contribution in [0.15, 0.2) is 123 Å². The molecule has 2 saturated heterocycles. The molecule has 0 spiro atoms. The Balaban J connectivity index is 0.000000654. The number of carbonyl (C=O) groups is 5. The fourth-order valence-corrected chi connectivity index (χ4v) is 9.93. The summed E-state index contributed by atoms with van der Waals surface area (Å²) in [5.41, 5.74) is 16.9. The van der Waals surface area contributed by atoms with E-state index < -0.39 is 0 Å². The Morgan fingerprint density at radius 1 is 0.869 bits per heavy atom. The highest BCUT2D eigenvalue weighted by Gasteiger charge is 2.26. The first kappa shape index (κ1) is 73.2. The quantitative estimate of drug-likeness (QED) is 0.0318. The number of Topliss-reactive ketones (excluding diaryl/α,β-unsaturated/α-hetero) is 3. The number of ether oxygens (including phenoxy) is 1. The molecule has 3 aliphatic rings. The number of amides is 1.